The van der Waals surface area contributed by atoms with Crippen LogP contribution in [0.1, 0.15) is 39.0 Å². The van der Waals surface area contributed by atoms with Crippen LogP contribution in [0.3, 0.4) is 0 Å². The molecule has 0 fully saturated rings. The summed E-state index contributed by atoms with van der Waals surface area (Å²) in [5.74, 6) is 0. The van der Waals surface area contributed by atoms with Crippen molar-refractivity contribution < 1.29 is 5.11 Å². The van der Waals surface area contributed by atoms with Crippen LogP contribution in [0.2, 0.25) is 0 Å². The molecule has 1 N–H and O–H groups in total. The first-order valence-electron chi connectivity index (χ1n) is 6.79. The molecule has 17 heavy (non-hydrogen) atoms. The minimum atomic E-state index is 0.320. The summed E-state index contributed by atoms with van der Waals surface area (Å²) in [7, 11) is 0. The van der Waals surface area contributed by atoms with Crippen molar-refractivity contribution in [2.24, 2.45) is 0 Å². The SMILES string of the molecule is CCCCN(CCCCCO)c1ccccc1. The smallest absolute Gasteiger partial charge is 0.0431 e. The van der Waals surface area contributed by atoms with E-state index in [9.17, 15) is 0 Å². The molecule has 1 aromatic carbocycles. The van der Waals surface area contributed by atoms with Crippen LogP contribution in [0, 0.1) is 0 Å². The Labute approximate surface area is 105 Å². The van der Waals surface area contributed by atoms with Gasteiger partial charge >= 0.3 is 0 Å². The lowest BCUT2D eigenvalue weighted by Crippen LogP contribution is -2.25. The van der Waals surface area contributed by atoms with Gasteiger partial charge in [0.05, 0.1) is 0 Å². The molecule has 0 heterocycles. The van der Waals surface area contributed by atoms with E-state index >= 15 is 0 Å². The number of aliphatic hydroxyl groups is 1. The summed E-state index contributed by atoms with van der Waals surface area (Å²) >= 11 is 0. The lowest BCUT2D eigenvalue weighted by Gasteiger charge is -2.24. The molecule has 0 aliphatic heterocycles. The zero-order chi connectivity index (χ0) is 12.3. The lowest BCUT2D eigenvalue weighted by molar-refractivity contribution is 0.283. The highest BCUT2D eigenvalue weighted by Gasteiger charge is 2.04. The van der Waals surface area contributed by atoms with Crippen LogP contribution < -0.4 is 4.90 Å². The van der Waals surface area contributed by atoms with Gasteiger partial charge < -0.3 is 10.0 Å². The quantitative estimate of drug-likeness (QED) is 0.663. The fraction of sp³-hybridized carbons (Fsp3) is 0.600. The zero-order valence-electron chi connectivity index (χ0n) is 10.9. The van der Waals surface area contributed by atoms with E-state index in [0.717, 1.165) is 25.9 Å². The standard InChI is InChI=1S/C15H25NO/c1-2-3-12-16(13-8-5-9-14-17)15-10-6-4-7-11-15/h4,6-7,10-11,17H,2-3,5,8-9,12-14H2,1H3. The molecule has 0 radical (unpaired) electrons. The monoisotopic (exact) mass is 235 g/mol. The summed E-state index contributed by atoms with van der Waals surface area (Å²) in [6.45, 7) is 4.79. The Bertz CT molecular complexity index is 274. The van der Waals surface area contributed by atoms with Gasteiger partial charge in [-0.2, -0.15) is 0 Å². The lowest BCUT2D eigenvalue weighted by atomic mass is 10.2. The number of aliphatic hydroxyl groups excluding tert-OH is 1. The molecule has 1 aromatic rings. The molecule has 0 atom stereocenters. The van der Waals surface area contributed by atoms with Gasteiger partial charge in [-0.15, -0.1) is 0 Å². The average Bonchev–Trinajstić information content (AvgIpc) is 2.39. The number of unbranched alkanes of at least 4 members (excludes halogenated alkanes) is 3. The molecule has 0 aromatic heterocycles. The number of benzene rings is 1. The Morgan fingerprint density at radius 2 is 1.65 bits per heavy atom. The highest BCUT2D eigenvalue weighted by Crippen LogP contribution is 2.15. The van der Waals surface area contributed by atoms with Crippen LogP contribution in [0.25, 0.3) is 0 Å². The van der Waals surface area contributed by atoms with E-state index in [4.69, 9.17) is 5.11 Å². The van der Waals surface area contributed by atoms with Gasteiger partial charge in [-0.25, -0.2) is 0 Å². The van der Waals surface area contributed by atoms with Crippen molar-refractivity contribution in [1.82, 2.24) is 0 Å². The molecule has 0 saturated heterocycles. The van der Waals surface area contributed by atoms with Gasteiger partial charge in [0.15, 0.2) is 0 Å². The molecule has 0 bridgehead atoms. The van der Waals surface area contributed by atoms with Crippen molar-refractivity contribution >= 4 is 5.69 Å². The van der Waals surface area contributed by atoms with Crippen LogP contribution in [-0.2, 0) is 0 Å². The predicted molar refractivity (Wildman–Crippen MR) is 74.5 cm³/mol. The number of rotatable bonds is 9. The molecule has 0 spiro atoms. The third-order valence-corrected chi connectivity index (χ3v) is 2.99. The van der Waals surface area contributed by atoms with E-state index in [1.54, 1.807) is 0 Å². The van der Waals surface area contributed by atoms with Gasteiger partial charge in [0.1, 0.15) is 0 Å². The molecule has 1 rings (SSSR count). The van der Waals surface area contributed by atoms with Crippen molar-refractivity contribution in [3.05, 3.63) is 30.3 Å². The highest BCUT2D eigenvalue weighted by atomic mass is 16.2. The topological polar surface area (TPSA) is 23.5 Å². The fourth-order valence-corrected chi connectivity index (χ4v) is 1.95. The maximum Gasteiger partial charge on any atom is 0.0431 e. The van der Waals surface area contributed by atoms with E-state index in [1.165, 1.54) is 24.9 Å². The van der Waals surface area contributed by atoms with Crippen molar-refractivity contribution in [3.63, 3.8) is 0 Å². The first-order valence-corrected chi connectivity index (χ1v) is 6.79. The summed E-state index contributed by atoms with van der Waals surface area (Å²) < 4.78 is 0. The number of hydrogen-bond acceptors (Lipinski definition) is 2. The predicted octanol–water partition coefficient (Wildman–Crippen LogP) is 3.46. The second-order valence-corrected chi connectivity index (χ2v) is 4.46. The second kappa shape index (κ2) is 9.06. The Balaban J connectivity index is 2.43. The maximum absolute atomic E-state index is 8.78. The molecule has 2 nitrogen and oxygen atoms in total. The highest BCUT2D eigenvalue weighted by molar-refractivity contribution is 5.45. The first-order chi connectivity index (χ1) is 8.38. The van der Waals surface area contributed by atoms with Crippen LogP contribution in [0.4, 0.5) is 5.69 Å². The van der Waals surface area contributed by atoms with E-state index < -0.39 is 0 Å². The molecule has 0 unspecified atom stereocenters. The number of para-hydroxylation sites is 1. The molecule has 0 aliphatic rings. The van der Waals surface area contributed by atoms with Crippen molar-refractivity contribution in [2.45, 2.75) is 39.0 Å². The van der Waals surface area contributed by atoms with Crippen LogP contribution in [0.5, 0.6) is 0 Å². The molecular formula is C15H25NO. The van der Waals surface area contributed by atoms with E-state index in [-0.39, 0.29) is 0 Å². The molecule has 0 amide bonds. The van der Waals surface area contributed by atoms with Crippen molar-refractivity contribution in [2.75, 3.05) is 24.6 Å². The summed E-state index contributed by atoms with van der Waals surface area (Å²) in [6.07, 6.45) is 5.69. The Hall–Kier alpha value is -1.02. The van der Waals surface area contributed by atoms with Gasteiger partial charge in [0.2, 0.25) is 0 Å². The molecule has 2 heteroatoms. The van der Waals surface area contributed by atoms with Gasteiger partial charge in [-0.1, -0.05) is 31.5 Å². The Kier molecular flexibility index (Phi) is 7.48. The molecule has 0 saturated carbocycles. The summed E-state index contributed by atoms with van der Waals surface area (Å²) in [5.41, 5.74) is 1.32. The number of hydrogen-bond donors (Lipinski definition) is 1. The van der Waals surface area contributed by atoms with Gasteiger partial charge in [0, 0.05) is 25.4 Å². The minimum absolute atomic E-state index is 0.320. The molecule has 0 aliphatic carbocycles. The minimum Gasteiger partial charge on any atom is -0.396 e. The summed E-state index contributed by atoms with van der Waals surface area (Å²) in [6, 6.07) is 10.6. The van der Waals surface area contributed by atoms with Gasteiger partial charge in [0.25, 0.3) is 0 Å². The first kappa shape index (κ1) is 14.0. The zero-order valence-corrected chi connectivity index (χ0v) is 10.9. The van der Waals surface area contributed by atoms with Crippen molar-refractivity contribution in [3.8, 4) is 0 Å². The van der Waals surface area contributed by atoms with Gasteiger partial charge in [-0.3, -0.25) is 0 Å². The fourth-order valence-electron chi connectivity index (χ4n) is 1.95. The van der Waals surface area contributed by atoms with Crippen LogP contribution in [-0.4, -0.2) is 24.8 Å². The Morgan fingerprint density at radius 1 is 0.941 bits per heavy atom. The maximum atomic E-state index is 8.78. The largest absolute Gasteiger partial charge is 0.396 e. The molecular weight excluding hydrogens is 210 g/mol. The number of nitrogens with zero attached hydrogens (tertiary/aromatic N) is 1. The Morgan fingerprint density at radius 3 is 2.29 bits per heavy atom. The average molecular weight is 235 g/mol. The van der Waals surface area contributed by atoms with Crippen molar-refractivity contribution in [1.29, 1.82) is 0 Å². The normalized spacial score (nSPS) is 10.5. The summed E-state index contributed by atoms with van der Waals surface area (Å²) in [4.78, 5) is 2.46. The van der Waals surface area contributed by atoms with Crippen LogP contribution in [0.15, 0.2) is 30.3 Å². The summed E-state index contributed by atoms with van der Waals surface area (Å²) in [5, 5.41) is 8.78. The van der Waals surface area contributed by atoms with Gasteiger partial charge in [-0.05, 0) is 37.8 Å². The second-order valence-electron chi connectivity index (χ2n) is 4.46. The third kappa shape index (κ3) is 5.73. The third-order valence-electron chi connectivity index (χ3n) is 2.99. The number of anilines is 1. The van der Waals surface area contributed by atoms with E-state index in [2.05, 4.69) is 42.2 Å². The van der Waals surface area contributed by atoms with E-state index in [0.29, 0.717) is 6.61 Å². The van der Waals surface area contributed by atoms with E-state index in [1.807, 2.05) is 0 Å². The van der Waals surface area contributed by atoms with Crippen LogP contribution >= 0.6 is 0 Å². The molecule has 96 valence electrons.